The number of fused-ring (bicyclic) bond motifs is 1. The smallest absolute Gasteiger partial charge is 0.407 e. The number of hydrogen-bond acceptors (Lipinski definition) is 8. The zero-order valence-electron chi connectivity index (χ0n) is 31.6. The monoisotopic (exact) mass is 736 g/mol. The van der Waals surface area contributed by atoms with Crippen LogP contribution in [0.25, 0.3) is 44.4 Å². The normalized spacial score (nSPS) is 12.1. The number of methoxy groups -OCH3 is 2. The van der Waals surface area contributed by atoms with Gasteiger partial charge < -0.3 is 39.9 Å². The first-order valence-corrected chi connectivity index (χ1v) is 18.0. The summed E-state index contributed by atoms with van der Waals surface area (Å²) in [4.78, 5) is 68.4. The molecule has 0 fully saturated rings. The van der Waals surface area contributed by atoms with Crippen LogP contribution in [0.4, 0.5) is 9.59 Å². The van der Waals surface area contributed by atoms with Crippen LogP contribution in [0, 0.1) is 0 Å². The van der Waals surface area contributed by atoms with E-state index in [9.17, 15) is 19.2 Å². The fourth-order valence-electron chi connectivity index (χ4n) is 6.19. The van der Waals surface area contributed by atoms with Crippen LogP contribution in [-0.2, 0) is 32.2 Å². The van der Waals surface area contributed by atoms with E-state index in [0.717, 1.165) is 57.3 Å². The van der Waals surface area contributed by atoms with E-state index in [4.69, 9.17) is 0 Å². The molecule has 0 spiro atoms. The number of nitrogens with one attached hydrogen (secondary N) is 4. The molecule has 3 aromatic carbocycles. The number of aromatic nitrogens is 4. The van der Waals surface area contributed by atoms with Gasteiger partial charge in [0.15, 0.2) is 0 Å². The highest BCUT2D eigenvalue weighted by atomic mass is 16.5. The molecule has 0 radical (unpaired) electrons. The minimum atomic E-state index is -0.729. The molecular formula is C40H48N8O6. The number of benzene rings is 3. The van der Waals surface area contributed by atoms with Crippen LogP contribution >= 0.6 is 0 Å². The fourth-order valence-corrected chi connectivity index (χ4v) is 6.19. The summed E-state index contributed by atoms with van der Waals surface area (Å²) < 4.78 is 9.26. The van der Waals surface area contributed by atoms with Crippen LogP contribution < -0.4 is 10.6 Å². The summed E-state index contributed by atoms with van der Waals surface area (Å²) in [5.74, 6) is 0.869. The Morgan fingerprint density at radius 2 is 1.04 bits per heavy atom. The quantitative estimate of drug-likeness (QED) is 0.0976. The van der Waals surface area contributed by atoms with Gasteiger partial charge in [0.1, 0.15) is 23.7 Å². The van der Waals surface area contributed by atoms with Gasteiger partial charge in [0.2, 0.25) is 11.8 Å². The van der Waals surface area contributed by atoms with Gasteiger partial charge in [0, 0.05) is 18.7 Å². The van der Waals surface area contributed by atoms with Gasteiger partial charge in [-0.25, -0.2) is 19.6 Å². The molecule has 2 aromatic heterocycles. The first kappa shape index (κ1) is 39.0. The first-order valence-electron chi connectivity index (χ1n) is 18.0. The second-order valence-corrected chi connectivity index (χ2v) is 13.1. The third kappa shape index (κ3) is 9.62. The van der Waals surface area contributed by atoms with E-state index >= 15 is 0 Å². The lowest BCUT2D eigenvalue weighted by molar-refractivity contribution is -0.134. The van der Waals surface area contributed by atoms with E-state index in [-0.39, 0.29) is 24.9 Å². The number of imidazole rings is 2. The summed E-state index contributed by atoms with van der Waals surface area (Å²) >= 11 is 0. The summed E-state index contributed by atoms with van der Waals surface area (Å²) in [5, 5.41) is 7.24. The molecule has 0 unspecified atom stereocenters. The Labute approximate surface area is 314 Å². The maximum atomic E-state index is 13.0. The predicted octanol–water partition coefficient (Wildman–Crippen LogP) is 6.25. The fraction of sp³-hybridized carbons (Fsp3) is 0.350. The Morgan fingerprint density at radius 3 is 1.50 bits per heavy atom. The summed E-state index contributed by atoms with van der Waals surface area (Å²) in [7, 11) is 2.53. The molecule has 5 rings (SSSR count). The van der Waals surface area contributed by atoms with Crippen LogP contribution in [0.15, 0.2) is 73.1 Å². The summed E-state index contributed by atoms with van der Waals surface area (Å²) in [6.45, 7) is 8.86. The Kier molecular flexibility index (Phi) is 13.0. The zero-order chi connectivity index (χ0) is 38.8. The van der Waals surface area contributed by atoms with Crippen molar-refractivity contribution in [3.05, 3.63) is 84.7 Å². The molecule has 0 aliphatic carbocycles. The van der Waals surface area contributed by atoms with Crippen molar-refractivity contribution in [1.29, 1.82) is 0 Å². The molecule has 0 aliphatic rings. The van der Waals surface area contributed by atoms with Gasteiger partial charge in [-0.05, 0) is 66.3 Å². The number of amides is 4. The highest BCUT2D eigenvalue weighted by molar-refractivity contribution is 5.91. The largest absolute Gasteiger partial charge is 0.453 e. The van der Waals surface area contributed by atoms with Gasteiger partial charge in [0.25, 0.3) is 0 Å². The van der Waals surface area contributed by atoms with Crippen molar-refractivity contribution in [2.75, 3.05) is 27.3 Å². The highest BCUT2D eigenvalue weighted by Crippen LogP contribution is 2.30. The van der Waals surface area contributed by atoms with Gasteiger partial charge in [-0.2, -0.15) is 0 Å². The standard InChI is InChI=1S/C40H48N8O6/c1-7-17-47(37(49)25(3)43-39(51)53-5)23-35-41-21-33(45-35)28-11-9-27(10-12-28)29-13-14-31-20-32(16-15-30(31)19-29)34-22-42-36(46-34)24-48(18-8-2)38(50)26(4)44-40(52)54-6/h9-16,19-22,25-26H,7-8,17-18,23-24H2,1-6H3,(H,41,45)(H,42,46)(H,43,51)(H,44,52)/t25-,26+/m1/s1. The number of H-pyrrole nitrogens is 2. The van der Waals surface area contributed by atoms with Crippen molar-refractivity contribution in [2.24, 2.45) is 0 Å². The average Bonchev–Trinajstić information content (AvgIpc) is 3.86. The second-order valence-electron chi connectivity index (χ2n) is 13.1. The van der Waals surface area contributed by atoms with E-state index in [1.165, 1.54) is 14.2 Å². The maximum absolute atomic E-state index is 13.0. The lowest BCUT2D eigenvalue weighted by Crippen LogP contribution is -2.47. The third-order valence-corrected chi connectivity index (χ3v) is 9.01. The van der Waals surface area contributed by atoms with Crippen LogP contribution in [0.1, 0.15) is 52.2 Å². The molecule has 0 aliphatic heterocycles. The van der Waals surface area contributed by atoms with Crippen molar-refractivity contribution in [2.45, 2.75) is 65.7 Å². The van der Waals surface area contributed by atoms with Crippen LogP contribution in [-0.4, -0.2) is 93.1 Å². The summed E-state index contributed by atoms with van der Waals surface area (Å²) in [6, 6.07) is 19.4. The van der Waals surface area contributed by atoms with Crippen molar-refractivity contribution < 1.29 is 28.7 Å². The molecule has 4 N–H and O–H groups in total. The Hall–Kier alpha value is -6.18. The van der Waals surface area contributed by atoms with Gasteiger partial charge in [-0.1, -0.05) is 62.4 Å². The number of carbonyl (C=O) groups excluding carboxylic acids is 4. The number of rotatable bonds is 15. The molecule has 284 valence electrons. The van der Waals surface area contributed by atoms with E-state index in [1.54, 1.807) is 36.0 Å². The van der Waals surface area contributed by atoms with Crippen molar-refractivity contribution in [1.82, 2.24) is 40.4 Å². The molecule has 54 heavy (non-hydrogen) atoms. The van der Waals surface area contributed by atoms with Gasteiger partial charge in [-0.3, -0.25) is 9.59 Å². The second kappa shape index (κ2) is 18.0. The van der Waals surface area contributed by atoms with Crippen molar-refractivity contribution in [3.63, 3.8) is 0 Å². The van der Waals surface area contributed by atoms with E-state index < -0.39 is 24.3 Å². The molecule has 2 heterocycles. The molecular weight excluding hydrogens is 688 g/mol. The minimum absolute atomic E-state index is 0.214. The van der Waals surface area contributed by atoms with Crippen LogP contribution in [0.3, 0.4) is 0 Å². The highest BCUT2D eigenvalue weighted by Gasteiger charge is 2.24. The number of aromatic amines is 2. The van der Waals surface area contributed by atoms with Gasteiger partial charge in [0.05, 0.1) is 51.1 Å². The van der Waals surface area contributed by atoms with E-state index in [0.29, 0.717) is 24.7 Å². The lowest BCUT2D eigenvalue weighted by atomic mass is 9.98. The predicted molar refractivity (Wildman–Crippen MR) is 206 cm³/mol. The van der Waals surface area contributed by atoms with Crippen LogP contribution in [0.5, 0.6) is 0 Å². The SMILES string of the molecule is CCCN(Cc1ncc(-c2ccc3cc(-c4ccc(-c5cnc(CN(CCC)C(=O)[C@@H](C)NC(=O)OC)[nH]5)cc4)ccc3c2)[nH]1)C(=O)[C@H](C)NC(=O)OC. The molecule has 5 aromatic rings. The zero-order valence-corrected chi connectivity index (χ0v) is 31.6. The third-order valence-electron chi connectivity index (χ3n) is 9.01. The van der Waals surface area contributed by atoms with Gasteiger partial charge in [-0.15, -0.1) is 0 Å². The molecule has 0 saturated heterocycles. The Bertz CT molecular complexity index is 2070. The summed E-state index contributed by atoms with van der Waals surface area (Å²) in [6.07, 6.45) is 3.75. The minimum Gasteiger partial charge on any atom is -0.453 e. The Morgan fingerprint density at radius 1 is 0.630 bits per heavy atom. The molecule has 0 saturated carbocycles. The molecule has 0 bridgehead atoms. The first-order chi connectivity index (χ1) is 26.0. The van der Waals surface area contributed by atoms with Crippen molar-refractivity contribution in [3.8, 4) is 33.6 Å². The number of nitrogens with zero attached hydrogens (tertiary/aromatic N) is 4. The topological polar surface area (TPSA) is 175 Å². The molecule has 14 heteroatoms. The number of ether oxygens (including phenoxy) is 2. The van der Waals surface area contributed by atoms with Crippen LogP contribution in [0.2, 0.25) is 0 Å². The maximum Gasteiger partial charge on any atom is 0.407 e. The number of hydrogen-bond donors (Lipinski definition) is 4. The average molecular weight is 737 g/mol. The lowest BCUT2D eigenvalue weighted by Gasteiger charge is -2.24. The Balaban J connectivity index is 1.24. The van der Waals surface area contributed by atoms with E-state index in [1.807, 2.05) is 32.0 Å². The number of carbonyl (C=O) groups is 4. The van der Waals surface area contributed by atoms with Crippen molar-refractivity contribution >= 4 is 34.8 Å². The number of alkyl carbamates (subject to hydrolysis) is 2. The summed E-state index contributed by atoms with van der Waals surface area (Å²) in [5.41, 5.74) is 5.76. The van der Waals surface area contributed by atoms with E-state index in [2.05, 4.69) is 82.5 Å². The van der Waals surface area contributed by atoms with Gasteiger partial charge >= 0.3 is 12.2 Å². The molecule has 14 nitrogen and oxygen atoms in total. The molecule has 2 atom stereocenters. The molecule has 4 amide bonds.